The fraction of sp³-hybridized carbons (Fsp3) is 0.200. The van der Waals surface area contributed by atoms with Crippen LogP contribution in [0.5, 0.6) is 0 Å². The van der Waals surface area contributed by atoms with E-state index in [0.717, 1.165) is 0 Å². The first kappa shape index (κ1) is 9.67. The Bertz CT molecular complexity index is 423. The van der Waals surface area contributed by atoms with E-state index in [1.807, 2.05) is 0 Å². The van der Waals surface area contributed by atoms with Gasteiger partial charge in [0, 0.05) is 5.56 Å². The van der Waals surface area contributed by atoms with E-state index in [1.54, 1.807) is 18.2 Å². The van der Waals surface area contributed by atoms with Crippen molar-refractivity contribution in [2.75, 3.05) is 0 Å². The number of aliphatic carboxylic acids is 2. The first-order valence-electron chi connectivity index (χ1n) is 4.28. The van der Waals surface area contributed by atoms with Gasteiger partial charge in [-0.05, 0) is 5.56 Å². The van der Waals surface area contributed by atoms with Gasteiger partial charge >= 0.3 is 11.9 Å². The van der Waals surface area contributed by atoms with Crippen molar-refractivity contribution in [2.45, 2.75) is 12.2 Å². The Hall–Kier alpha value is -1.88. The minimum atomic E-state index is -2.24. The van der Waals surface area contributed by atoms with Crippen molar-refractivity contribution in [3.8, 4) is 0 Å². The molecule has 5 nitrogen and oxygen atoms in total. The summed E-state index contributed by atoms with van der Waals surface area (Å²) in [6.07, 6.45) is 0. The van der Waals surface area contributed by atoms with E-state index in [1.165, 1.54) is 6.07 Å². The first-order valence-corrected chi connectivity index (χ1v) is 4.28. The monoisotopic (exact) mass is 208 g/mol. The van der Waals surface area contributed by atoms with Gasteiger partial charge in [0.2, 0.25) is 0 Å². The summed E-state index contributed by atoms with van der Waals surface area (Å²) in [4.78, 5) is 22.0. The lowest BCUT2D eigenvalue weighted by atomic mass is 9.93. The van der Waals surface area contributed by atoms with E-state index in [9.17, 15) is 9.59 Å². The van der Waals surface area contributed by atoms with Gasteiger partial charge < -0.3 is 14.9 Å². The van der Waals surface area contributed by atoms with Crippen molar-refractivity contribution in [3.63, 3.8) is 0 Å². The van der Waals surface area contributed by atoms with Crippen LogP contribution in [-0.4, -0.2) is 22.2 Å². The predicted molar refractivity (Wildman–Crippen MR) is 48.2 cm³/mol. The average molecular weight is 208 g/mol. The number of fused-ring (bicyclic) bond motifs is 1. The Balaban J connectivity index is 2.64. The van der Waals surface area contributed by atoms with E-state index in [0.29, 0.717) is 5.56 Å². The molecule has 1 heterocycles. The van der Waals surface area contributed by atoms with Crippen molar-refractivity contribution in [3.05, 3.63) is 35.4 Å². The summed E-state index contributed by atoms with van der Waals surface area (Å²) in [5, 5.41) is 18.0. The molecule has 0 amide bonds. The fourth-order valence-electron chi connectivity index (χ4n) is 1.70. The molecular weight excluding hydrogens is 200 g/mol. The minimum absolute atomic E-state index is 0.00870. The van der Waals surface area contributed by atoms with Crippen LogP contribution < -0.4 is 0 Å². The maximum atomic E-state index is 11.0. The Kier molecular flexibility index (Phi) is 1.97. The standard InChI is InChI=1S/C10H8O5/c11-8(12)10(9(13)14)7-4-2-1-3-6(7)5-15-10/h1-4H,5H2,(H,11,12)(H,13,14). The Morgan fingerprint density at radius 1 is 1.20 bits per heavy atom. The summed E-state index contributed by atoms with van der Waals surface area (Å²) in [5.74, 6) is -3.00. The lowest BCUT2D eigenvalue weighted by Gasteiger charge is -2.18. The maximum Gasteiger partial charge on any atom is 0.352 e. The molecule has 0 bridgehead atoms. The Morgan fingerprint density at radius 2 is 1.80 bits per heavy atom. The van der Waals surface area contributed by atoms with Gasteiger partial charge in [0.1, 0.15) is 0 Å². The van der Waals surface area contributed by atoms with Crippen molar-refractivity contribution in [2.24, 2.45) is 0 Å². The zero-order valence-electron chi connectivity index (χ0n) is 7.64. The number of carboxylic acid groups (broad SMARTS) is 2. The van der Waals surface area contributed by atoms with Crippen LogP contribution >= 0.6 is 0 Å². The van der Waals surface area contributed by atoms with Gasteiger partial charge in [-0.1, -0.05) is 24.3 Å². The largest absolute Gasteiger partial charge is 0.478 e. The van der Waals surface area contributed by atoms with Gasteiger partial charge in [0.25, 0.3) is 5.60 Å². The van der Waals surface area contributed by atoms with E-state index < -0.39 is 17.5 Å². The summed E-state index contributed by atoms with van der Waals surface area (Å²) in [6, 6.07) is 6.42. The molecule has 78 valence electrons. The van der Waals surface area contributed by atoms with Crippen LogP contribution in [-0.2, 0) is 26.5 Å². The van der Waals surface area contributed by atoms with Crippen molar-refractivity contribution < 1.29 is 24.5 Å². The number of carboxylic acids is 2. The summed E-state index contributed by atoms with van der Waals surface area (Å²) < 4.78 is 4.93. The molecule has 2 rings (SSSR count). The van der Waals surface area contributed by atoms with Gasteiger partial charge in [-0.3, -0.25) is 0 Å². The van der Waals surface area contributed by atoms with Crippen LogP contribution in [0.3, 0.4) is 0 Å². The zero-order chi connectivity index (χ0) is 11.1. The van der Waals surface area contributed by atoms with Crippen molar-refractivity contribution in [1.29, 1.82) is 0 Å². The molecule has 1 aliphatic rings. The first-order chi connectivity index (χ1) is 7.09. The lowest BCUT2D eigenvalue weighted by molar-refractivity contribution is -0.183. The second-order valence-electron chi connectivity index (χ2n) is 3.24. The van der Waals surface area contributed by atoms with Crippen LogP contribution in [0.2, 0.25) is 0 Å². The molecule has 2 N–H and O–H groups in total. The summed E-state index contributed by atoms with van der Waals surface area (Å²) in [5.41, 5.74) is -1.44. The second kappa shape index (κ2) is 3.06. The Morgan fingerprint density at radius 3 is 2.40 bits per heavy atom. The molecule has 5 heteroatoms. The van der Waals surface area contributed by atoms with Crippen LogP contribution in [0.1, 0.15) is 11.1 Å². The van der Waals surface area contributed by atoms with E-state index in [4.69, 9.17) is 14.9 Å². The molecule has 0 saturated heterocycles. The molecule has 1 aromatic carbocycles. The molecule has 0 aromatic heterocycles. The smallest absolute Gasteiger partial charge is 0.352 e. The lowest BCUT2D eigenvalue weighted by Crippen LogP contribution is -2.43. The number of ether oxygens (including phenoxy) is 1. The minimum Gasteiger partial charge on any atom is -0.478 e. The number of hydrogen-bond donors (Lipinski definition) is 2. The van der Waals surface area contributed by atoms with E-state index in [-0.39, 0.29) is 12.2 Å². The molecule has 0 aliphatic carbocycles. The SMILES string of the molecule is O=C(O)C1(C(=O)O)OCc2ccccc21. The van der Waals surface area contributed by atoms with E-state index in [2.05, 4.69) is 0 Å². The zero-order valence-corrected chi connectivity index (χ0v) is 7.64. The van der Waals surface area contributed by atoms with Crippen molar-refractivity contribution >= 4 is 11.9 Å². The van der Waals surface area contributed by atoms with Gasteiger partial charge in [0.15, 0.2) is 0 Å². The number of rotatable bonds is 2. The molecule has 1 aromatic rings. The molecule has 1 aliphatic heterocycles. The summed E-state index contributed by atoms with van der Waals surface area (Å²) >= 11 is 0. The second-order valence-corrected chi connectivity index (χ2v) is 3.24. The topological polar surface area (TPSA) is 83.8 Å². The van der Waals surface area contributed by atoms with Crippen LogP contribution in [0, 0.1) is 0 Å². The average Bonchev–Trinajstić information content (AvgIpc) is 2.57. The molecule has 15 heavy (non-hydrogen) atoms. The van der Waals surface area contributed by atoms with Gasteiger partial charge in [-0.15, -0.1) is 0 Å². The third-order valence-electron chi connectivity index (χ3n) is 2.44. The number of hydrogen-bond acceptors (Lipinski definition) is 3. The fourth-order valence-corrected chi connectivity index (χ4v) is 1.70. The molecule has 0 unspecified atom stereocenters. The molecule has 0 radical (unpaired) electrons. The number of carbonyl (C=O) groups is 2. The molecule has 0 saturated carbocycles. The maximum absolute atomic E-state index is 11.0. The quantitative estimate of drug-likeness (QED) is 0.694. The molecule has 0 fully saturated rings. The predicted octanol–water partition coefficient (Wildman–Crippen LogP) is 0.581. The molecule has 0 atom stereocenters. The number of benzene rings is 1. The third-order valence-corrected chi connectivity index (χ3v) is 2.44. The van der Waals surface area contributed by atoms with E-state index >= 15 is 0 Å². The highest BCUT2D eigenvalue weighted by molar-refractivity contribution is 6.03. The summed E-state index contributed by atoms with van der Waals surface area (Å²) in [7, 11) is 0. The van der Waals surface area contributed by atoms with Crippen LogP contribution in [0.15, 0.2) is 24.3 Å². The summed E-state index contributed by atoms with van der Waals surface area (Å²) in [6.45, 7) is 0.00870. The third kappa shape index (κ3) is 1.13. The normalized spacial score (nSPS) is 17.1. The molecule has 0 spiro atoms. The van der Waals surface area contributed by atoms with Crippen LogP contribution in [0.25, 0.3) is 0 Å². The van der Waals surface area contributed by atoms with Gasteiger partial charge in [-0.2, -0.15) is 0 Å². The highest BCUT2D eigenvalue weighted by atomic mass is 16.6. The highest BCUT2D eigenvalue weighted by Gasteiger charge is 2.54. The Labute approximate surface area is 84.9 Å². The molecular formula is C10H8O5. The highest BCUT2D eigenvalue weighted by Crippen LogP contribution is 2.36. The van der Waals surface area contributed by atoms with Crippen molar-refractivity contribution in [1.82, 2.24) is 0 Å². The van der Waals surface area contributed by atoms with Gasteiger partial charge in [-0.25, -0.2) is 9.59 Å². The van der Waals surface area contributed by atoms with Gasteiger partial charge in [0.05, 0.1) is 6.61 Å². The van der Waals surface area contributed by atoms with Crippen LogP contribution in [0.4, 0.5) is 0 Å².